The van der Waals surface area contributed by atoms with Gasteiger partial charge in [-0.25, -0.2) is 9.59 Å². The predicted molar refractivity (Wildman–Crippen MR) is 113 cm³/mol. The average molecular weight is 456 g/mol. The highest BCUT2D eigenvalue weighted by molar-refractivity contribution is 5.93. The molecule has 1 saturated carbocycles. The van der Waals surface area contributed by atoms with Gasteiger partial charge in [-0.3, -0.25) is 4.79 Å². The number of carboxylic acid groups (broad SMARTS) is 1. The predicted octanol–water partition coefficient (Wildman–Crippen LogP) is 3.24. The number of hydrogen-bond acceptors (Lipinski definition) is 4. The Morgan fingerprint density at radius 2 is 1.64 bits per heavy atom. The van der Waals surface area contributed by atoms with Crippen LogP contribution in [0.25, 0.3) is 11.1 Å². The van der Waals surface area contributed by atoms with Crippen molar-refractivity contribution in [2.45, 2.75) is 30.2 Å². The maximum Gasteiger partial charge on any atom is 0.407 e. The molecule has 3 fully saturated rings. The van der Waals surface area contributed by atoms with Crippen LogP contribution in [0, 0.1) is 5.92 Å². The summed E-state index contributed by atoms with van der Waals surface area (Å²) in [6, 6.07) is 15.4. The standard InChI is InChI=1S/C24H22F2N2O5/c25-24(26,20(29)28-11-14-9-23(28,10-14)21(30)31)13-27-22(32)33-12-19-17-7-3-1-5-15(17)16-6-2-4-8-18(16)19/h1-8,14,19H,9-13H2,(H,27,32)(H,30,31). The van der Waals surface area contributed by atoms with E-state index >= 15 is 0 Å². The lowest BCUT2D eigenvalue weighted by Crippen LogP contribution is -2.59. The van der Waals surface area contributed by atoms with Gasteiger partial charge in [0.05, 0.1) is 6.54 Å². The molecular weight excluding hydrogens is 434 g/mol. The smallest absolute Gasteiger partial charge is 0.407 e. The number of amides is 2. The molecule has 0 spiro atoms. The van der Waals surface area contributed by atoms with Gasteiger partial charge < -0.3 is 20.1 Å². The summed E-state index contributed by atoms with van der Waals surface area (Å²) in [5, 5.41) is 11.4. The van der Waals surface area contributed by atoms with Gasteiger partial charge in [0.1, 0.15) is 12.1 Å². The molecule has 0 unspecified atom stereocenters. The number of carbonyl (C=O) groups excluding carboxylic acids is 2. The molecule has 172 valence electrons. The van der Waals surface area contributed by atoms with Gasteiger partial charge in [0.2, 0.25) is 0 Å². The highest BCUT2D eigenvalue weighted by atomic mass is 19.3. The van der Waals surface area contributed by atoms with E-state index in [1.807, 2.05) is 53.8 Å². The SMILES string of the molecule is O=C(NCC(F)(F)C(=O)N1CC2CC1(C(=O)O)C2)OCC1c2ccccc2-c2ccccc21. The van der Waals surface area contributed by atoms with E-state index in [4.69, 9.17) is 4.74 Å². The number of nitrogens with zero attached hydrogens (tertiary/aromatic N) is 1. The molecule has 2 amide bonds. The van der Waals surface area contributed by atoms with E-state index in [2.05, 4.69) is 0 Å². The Hall–Kier alpha value is -3.49. The minimum Gasteiger partial charge on any atom is -0.479 e. The molecule has 7 nitrogen and oxygen atoms in total. The lowest BCUT2D eigenvalue weighted by atomic mass is 9.73. The summed E-state index contributed by atoms with van der Waals surface area (Å²) >= 11 is 0. The monoisotopic (exact) mass is 456 g/mol. The molecule has 0 aromatic heterocycles. The Morgan fingerprint density at radius 3 is 2.21 bits per heavy atom. The van der Waals surface area contributed by atoms with E-state index in [0.717, 1.165) is 27.2 Å². The topological polar surface area (TPSA) is 95.9 Å². The van der Waals surface area contributed by atoms with Gasteiger partial charge in [-0.1, -0.05) is 48.5 Å². The molecule has 2 aromatic rings. The van der Waals surface area contributed by atoms with Gasteiger partial charge in [-0.15, -0.1) is 0 Å². The summed E-state index contributed by atoms with van der Waals surface area (Å²) < 4.78 is 34.3. The first-order valence-electron chi connectivity index (χ1n) is 10.7. The number of fused-ring (bicyclic) bond motifs is 4. The minimum atomic E-state index is -3.94. The number of hydrogen-bond donors (Lipinski definition) is 2. The summed E-state index contributed by atoms with van der Waals surface area (Å²) in [6.07, 6.45) is -0.698. The number of nitrogens with one attached hydrogen (secondary N) is 1. The van der Waals surface area contributed by atoms with Crippen molar-refractivity contribution in [3.05, 3.63) is 59.7 Å². The van der Waals surface area contributed by atoms with Crippen molar-refractivity contribution >= 4 is 18.0 Å². The molecular formula is C24H22F2N2O5. The molecule has 2 aliphatic heterocycles. The number of rotatable bonds is 6. The quantitative estimate of drug-likeness (QED) is 0.696. The molecule has 33 heavy (non-hydrogen) atoms. The normalized spacial score (nSPS) is 22.8. The van der Waals surface area contributed by atoms with Gasteiger partial charge in [-0.05, 0) is 41.0 Å². The summed E-state index contributed by atoms with van der Waals surface area (Å²) in [7, 11) is 0. The maximum atomic E-state index is 14.5. The fraction of sp³-hybridized carbons (Fsp3) is 0.375. The third-order valence-electron chi connectivity index (χ3n) is 6.96. The van der Waals surface area contributed by atoms with Crippen molar-refractivity contribution < 1.29 is 33.0 Å². The molecule has 2 bridgehead atoms. The first-order valence-corrected chi connectivity index (χ1v) is 10.7. The van der Waals surface area contributed by atoms with E-state index in [9.17, 15) is 28.3 Å². The summed E-state index contributed by atoms with van der Waals surface area (Å²) in [6.45, 7) is -1.32. The van der Waals surface area contributed by atoms with Crippen LogP contribution >= 0.6 is 0 Å². The second-order valence-corrected chi connectivity index (χ2v) is 8.91. The third-order valence-corrected chi connectivity index (χ3v) is 6.96. The van der Waals surface area contributed by atoms with Gasteiger partial charge in [-0.2, -0.15) is 8.78 Å². The van der Waals surface area contributed by atoms with Gasteiger partial charge in [0.25, 0.3) is 5.91 Å². The molecule has 2 heterocycles. The molecule has 2 N–H and O–H groups in total. The zero-order valence-electron chi connectivity index (χ0n) is 17.6. The van der Waals surface area contributed by atoms with E-state index in [0.29, 0.717) is 0 Å². The van der Waals surface area contributed by atoms with Gasteiger partial charge >= 0.3 is 18.0 Å². The second kappa shape index (κ2) is 7.54. The zero-order chi connectivity index (χ0) is 23.4. The molecule has 6 rings (SSSR count). The number of alkyl carbamates (subject to hydrolysis) is 1. The molecule has 0 atom stereocenters. The Balaban J connectivity index is 1.20. The fourth-order valence-corrected chi connectivity index (χ4v) is 5.35. The van der Waals surface area contributed by atoms with Crippen LogP contribution in [0.1, 0.15) is 29.9 Å². The third kappa shape index (κ3) is 3.34. The zero-order valence-corrected chi connectivity index (χ0v) is 17.6. The Morgan fingerprint density at radius 1 is 1.06 bits per heavy atom. The van der Waals surface area contributed by atoms with Crippen LogP contribution < -0.4 is 5.32 Å². The highest BCUT2D eigenvalue weighted by Crippen LogP contribution is 2.51. The fourth-order valence-electron chi connectivity index (χ4n) is 5.35. The minimum absolute atomic E-state index is 0.00827. The number of alkyl halides is 2. The summed E-state index contributed by atoms with van der Waals surface area (Å²) in [5.74, 6) is -7.09. The van der Waals surface area contributed by atoms with E-state index in [1.54, 1.807) is 0 Å². The molecule has 2 saturated heterocycles. The van der Waals surface area contributed by atoms with E-state index < -0.39 is 36.0 Å². The number of carbonyl (C=O) groups is 3. The maximum absolute atomic E-state index is 14.5. The van der Waals surface area contributed by atoms with Crippen LogP contribution in [0.4, 0.5) is 13.6 Å². The number of aliphatic carboxylic acids is 1. The van der Waals surface area contributed by atoms with Crippen LogP contribution in [0.3, 0.4) is 0 Å². The molecule has 0 radical (unpaired) electrons. The Kier molecular flexibility index (Phi) is 4.88. The van der Waals surface area contributed by atoms with Crippen molar-refractivity contribution in [1.29, 1.82) is 0 Å². The second-order valence-electron chi connectivity index (χ2n) is 8.91. The lowest BCUT2D eigenvalue weighted by molar-refractivity contribution is -0.170. The largest absolute Gasteiger partial charge is 0.479 e. The molecule has 2 aromatic carbocycles. The number of halogens is 2. The van der Waals surface area contributed by atoms with Crippen LogP contribution in [0.15, 0.2) is 48.5 Å². The van der Waals surface area contributed by atoms with Crippen molar-refractivity contribution in [1.82, 2.24) is 10.2 Å². The van der Waals surface area contributed by atoms with Crippen LogP contribution in [-0.2, 0) is 14.3 Å². The van der Waals surface area contributed by atoms with E-state index in [1.165, 1.54) is 0 Å². The van der Waals surface area contributed by atoms with Crippen molar-refractivity contribution in [2.75, 3.05) is 19.7 Å². The highest BCUT2D eigenvalue weighted by Gasteiger charge is 2.65. The first-order chi connectivity index (χ1) is 15.7. The molecule has 9 heteroatoms. The van der Waals surface area contributed by atoms with Gasteiger partial charge in [0.15, 0.2) is 0 Å². The van der Waals surface area contributed by atoms with Crippen molar-refractivity contribution in [3.8, 4) is 11.1 Å². The van der Waals surface area contributed by atoms with Crippen LogP contribution in [0.2, 0.25) is 0 Å². The number of carboxylic acids is 1. The van der Waals surface area contributed by atoms with Crippen LogP contribution in [-0.4, -0.2) is 59.1 Å². The average Bonchev–Trinajstić information content (AvgIpc) is 3.44. The number of benzene rings is 2. The molecule has 2 aliphatic carbocycles. The Labute approximate surface area is 188 Å². The van der Waals surface area contributed by atoms with Crippen molar-refractivity contribution in [3.63, 3.8) is 0 Å². The molecule has 4 aliphatic rings. The Bertz CT molecular complexity index is 1100. The van der Waals surface area contributed by atoms with Gasteiger partial charge in [0, 0.05) is 12.5 Å². The lowest BCUT2D eigenvalue weighted by Gasteiger charge is -2.38. The summed E-state index contributed by atoms with van der Waals surface area (Å²) in [4.78, 5) is 36.8. The summed E-state index contributed by atoms with van der Waals surface area (Å²) in [5.41, 5.74) is 2.50. The number of ether oxygens (including phenoxy) is 1. The first kappa shape index (κ1) is 21.4. The van der Waals surface area contributed by atoms with Crippen LogP contribution in [0.5, 0.6) is 0 Å². The van der Waals surface area contributed by atoms with Crippen molar-refractivity contribution in [2.24, 2.45) is 5.92 Å². The van der Waals surface area contributed by atoms with E-state index in [-0.39, 0.29) is 37.8 Å².